The lowest BCUT2D eigenvalue weighted by Gasteiger charge is -2.10. The molecule has 1 aromatic heterocycles. The second kappa shape index (κ2) is 9.22. The van der Waals surface area contributed by atoms with Crippen molar-refractivity contribution in [2.24, 2.45) is 10.1 Å². The molecule has 158 valence electrons. The van der Waals surface area contributed by atoms with Gasteiger partial charge in [0.05, 0.1) is 22.9 Å². The van der Waals surface area contributed by atoms with E-state index in [2.05, 4.69) is 30.8 Å². The van der Waals surface area contributed by atoms with Crippen molar-refractivity contribution in [3.8, 4) is 11.3 Å². The topological polar surface area (TPSA) is 72.8 Å². The molecule has 7 heteroatoms. The molecule has 31 heavy (non-hydrogen) atoms. The summed E-state index contributed by atoms with van der Waals surface area (Å²) in [5.41, 5.74) is 6.35. The third-order valence-electron chi connectivity index (χ3n) is 5.20. The van der Waals surface area contributed by atoms with Crippen LogP contribution < -0.4 is 4.80 Å². The molecule has 0 saturated carbocycles. The van der Waals surface area contributed by atoms with Crippen molar-refractivity contribution in [2.45, 2.75) is 32.6 Å². The largest absolute Gasteiger partial charge is 0.269 e. The predicted molar refractivity (Wildman–Crippen MR) is 126 cm³/mol. The summed E-state index contributed by atoms with van der Waals surface area (Å²) in [6.45, 7) is 6.43. The SMILES string of the molecule is C=C(C)CN=c1scc(-c2ccc([N+](=O)[O-])cc2)n1N=C1CCCCc2ccccc21. The molecule has 2 aromatic carbocycles. The zero-order chi connectivity index (χ0) is 21.8. The second-order valence-electron chi connectivity index (χ2n) is 7.70. The van der Waals surface area contributed by atoms with E-state index >= 15 is 0 Å². The van der Waals surface area contributed by atoms with Gasteiger partial charge in [0.2, 0.25) is 4.80 Å². The molecule has 3 aromatic rings. The molecule has 0 spiro atoms. The molecule has 6 nitrogen and oxygen atoms in total. The van der Waals surface area contributed by atoms with Crippen LogP contribution in [-0.4, -0.2) is 21.9 Å². The van der Waals surface area contributed by atoms with Crippen molar-refractivity contribution in [2.75, 3.05) is 6.54 Å². The summed E-state index contributed by atoms with van der Waals surface area (Å²) >= 11 is 1.51. The van der Waals surface area contributed by atoms with E-state index in [4.69, 9.17) is 10.1 Å². The zero-order valence-corrected chi connectivity index (χ0v) is 18.3. The Balaban J connectivity index is 1.86. The van der Waals surface area contributed by atoms with Gasteiger partial charge in [0.1, 0.15) is 0 Å². The van der Waals surface area contributed by atoms with E-state index < -0.39 is 0 Å². The number of hydrogen-bond acceptors (Lipinski definition) is 5. The maximum Gasteiger partial charge on any atom is 0.269 e. The number of nitrogens with zero attached hydrogens (tertiary/aromatic N) is 4. The normalized spacial score (nSPS) is 15.5. The Labute approximate surface area is 185 Å². The summed E-state index contributed by atoms with van der Waals surface area (Å²) in [6, 6.07) is 15.0. The molecule has 1 aliphatic rings. The number of fused-ring (bicyclic) bond motifs is 1. The van der Waals surface area contributed by atoms with E-state index in [-0.39, 0.29) is 10.6 Å². The Morgan fingerprint density at radius 3 is 2.65 bits per heavy atom. The van der Waals surface area contributed by atoms with E-state index in [1.165, 1.54) is 34.6 Å². The summed E-state index contributed by atoms with van der Waals surface area (Å²) in [4.78, 5) is 16.1. The number of nitro groups is 1. The van der Waals surface area contributed by atoms with Crippen LogP contribution in [0.25, 0.3) is 11.3 Å². The summed E-state index contributed by atoms with van der Waals surface area (Å²) in [5, 5.41) is 18.1. The van der Waals surface area contributed by atoms with Crippen LogP contribution in [0.1, 0.15) is 37.3 Å². The highest BCUT2D eigenvalue weighted by Gasteiger charge is 2.16. The fourth-order valence-electron chi connectivity index (χ4n) is 3.65. The molecule has 0 amide bonds. The van der Waals surface area contributed by atoms with Crippen LogP contribution in [0.4, 0.5) is 5.69 Å². The molecular weight excluding hydrogens is 408 g/mol. The number of aryl methyl sites for hydroxylation is 1. The minimum Gasteiger partial charge on any atom is -0.258 e. The quantitative estimate of drug-likeness (QED) is 0.228. The number of thiazole rings is 1. The number of aromatic nitrogens is 1. The first-order chi connectivity index (χ1) is 15.0. The van der Waals surface area contributed by atoms with E-state index in [9.17, 15) is 10.1 Å². The number of non-ortho nitro benzene ring substituents is 1. The smallest absolute Gasteiger partial charge is 0.258 e. The second-order valence-corrected chi connectivity index (χ2v) is 8.54. The van der Waals surface area contributed by atoms with Crippen LogP contribution in [0.15, 0.2) is 76.2 Å². The van der Waals surface area contributed by atoms with Gasteiger partial charge in [-0.05, 0) is 50.3 Å². The summed E-state index contributed by atoms with van der Waals surface area (Å²) in [5.74, 6) is 0. The van der Waals surface area contributed by atoms with Crippen molar-refractivity contribution in [3.05, 3.63) is 92.1 Å². The molecule has 4 rings (SSSR count). The van der Waals surface area contributed by atoms with Crippen molar-refractivity contribution < 1.29 is 4.92 Å². The lowest BCUT2D eigenvalue weighted by atomic mass is 10.0. The van der Waals surface area contributed by atoms with Gasteiger partial charge in [-0.15, -0.1) is 11.3 Å². The van der Waals surface area contributed by atoms with Gasteiger partial charge in [0, 0.05) is 28.6 Å². The molecule has 0 bridgehead atoms. The lowest BCUT2D eigenvalue weighted by molar-refractivity contribution is -0.384. The Hall–Kier alpha value is -3.32. The first-order valence-corrected chi connectivity index (χ1v) is 11.2. The maximum atomic E-state index is 11.0. The van der Waals surface area contributed by atoms with Gasteiger partial charge in [-0.1, -0.05) is 36.4 Å². The van der Waals surface area contributed by atoms with Gasteiger partial charge in [0.25, 0.3) is 5.69 Å². The van der Waals surface area contributed by atoms with Crippen LogP contribution in [0.3, 0.4) is 0 Å². The van der Waals surface area contributed by atoms with Crippen LogP contribution in [0, 0.1) is 10.1 Å². The molecule has 0 aliphatic heterocycles. The molecule has 0 atom stereocenters. The van der Waals surface area contributed by atoms with Gasteiger partial charge in [-0.3, -0.25) is 15.1 Å². The van der Waals surface area contributed by atoms with E-state index in [0.29, 0.717) is 6.54 Å². The first kappa shape index (κ1) is 20.9. The molecule has 0 unspecified atom stereocenters. The average molecular weight is 433 g/mol. The Morgan fingerprint density at radius 2 is 1.90 bits per heavy atom. The third-order valence-corrected chi connectivity index (χ3v) is 6.06. The molecule has 0 fully saturated rings. The number of hydrogen-bond donors (Lipinski definition) is 0. The van der Waals surface area contributed by atoms with Crippen molar-refractivity contribution in [3.63, 3.8) is 0 Å². The Morgan fingerprint density at radius 1 is 1.16 bits per heavy atom. The third kappa shape index (κ3) is 4.72. The highest BCUT2D eigenvalue weighted by molar-refractivity contribution is 7.07. The number of rotatable bonds is 5. The standard InChI is InChI=1S/C24H24N4O2S/c1-17(2)15-25-24-27(23(16-31-24)19-11-13-20(14-12-19)28(29)30)26-22-10-6-4-8-18-7-3-5-9-21(18)22/h3,5,7,9,11-14,16H,1,4,6,8,10,15H2,2H3. The fraction of sp³-hybridized carbons (Fsp3) is 0.250. The van der Waals surface area contributed by atoms with E-state index in [0.717, 1.165) is 53.0 Å². The summed E-state index contributed by atoms with van der Waals surface area (Å²) in [6.07, 6.45) is 4.20. The highest BCUT2D eigenvalue weighted by Crippen LogP contribution is 2.25. The summed E-state index contributed by atoms with van der Waals surface area (Å²) < 4.78 is 1.88. The van der Waals surface area contributed by atoms with Gasteiger partial charge in [-0.2, -0.15) is 5.10 Å². The minimum atomic E-state index is -0.387. The highest BCUT2D eigenvalue weighted by atomic mass is 32.1. The number of nitro benzene ring substituents is 1. The molecule has 1 heterocycles. The van der Waals surface area contributed by atoms with Gasteiger partial charge < -0.3 is 0 Å². The monoisotopic (exact) mass is 432 g/mol. The van der Waals surface area contributed by atoms with Crippen LogP contribution in [0.5, 0.6) is 0 Å². The summed E-state index contributed by atoms with van der Waals surface area (Å²) in [7, 11) is 0. The molecule has 0 saturated heterocycles. The van der Waals surface area contributed by atoms with E-state index in [1.54, 1.807) is 12.1 Å². The van der Waals surface area contributed by atoms with Crippen LogP contribution >= 0.6 is 11.3 Å². The van der Waals surface area contributed by atoms with Gasteiger partial charge in [-0.25, -0.2) is 4.68 Å². The lowest BCUT2D eigenvalue weighted by Crippen LogP contribution is -2.16. The molecule has 0 N–H and O–H groups in total. The van der Waals surface area contributed by atoms with Crippen molar-refractivity contribution in [1.82, 2.24) is 4.68 Å². The average Bonchev–Trinajstić information content (AvgIpc) is 3.05. The van der Waals surface area contributed by atoms with E-state index in [1.807, 2.05) is 17.0 Å². The van der Waals surface area contributed by atoms with Gasteiger partial charge >= 0.3 is 0 Å². The maximum absolute atomic E-state index is 11.0. The fourth-order valence-corrected chi connectivity index (χ4v) is 4.48. The molecule has 1 aliphatic carbocycles. The first-order valence-electron chi connectivity index (χ1n) is 10.3. The zero-order valence-electron chi connectivity index (χ0n) is 17.5. The predicted octanol–water partition coefficient (Wildman–Crippen LogP) is 5.58. The van der Waals surface area contributed by atoms with Crippen molar-refractivity contribution in [1.29, 1.82) is 0 Å². The van der Waals surface area contributed by atoms with Crippen LogP contribution in [0.2, 0.25) is 0 Å². The van der Waals surface area contributed by atoms with Crippen molar-refractivity contribution >= 4 is 22.7 Å². The Kier molecular flexibility index (Phi) is 6.23. The van der Waals surface area contributed by atoms with Crippen LogP contribution in [-0.2, 0) is 6.42 Å². The Bertz CT molecular complexity index is 1220. The molecule has 0 radical (unpaired) electrons. The minimum absolute atomic E-state index is 0.0710. The van der Waals surface area contributed by atoms with Gasteiger partial charge in [0.15, 0.2) is 0 Å². The molecular formula is C24H24N4O2S. The number of benzene rings is 2.